The van der Waals surface area contributed by atoms with Gasteiger partial charge in [-0.25, -0.2) is 14.8 Å². The zero-order valence-corrected chi connectivity index (χ0v) is 23.6. The van der Waals surface area contributed by atoms with Crippen molar-refractivity contribution >= 4 is 5.97 Å². The van der Waals surface area contributed by atoms with Gasteiger partial charge in [0.2, 0.25) is 0 Å². The number of unbranched alkanes of at least 4 members (excludes halogenated alkanes) is 11. The monoisotopic (exact) mass is 514 g/mol. The Kier molecular flexibility index (Phi) is 13.6. The van der Waals surface area contributed by atoms with Crippen LogP contribution in [0, 0.1) is 0 Å². The molecule has 1 aromatic heterocycles. The molecule has 2 aromatic carbocycles. The minimum atomic E-state index is -0.386. The van der Waals surface area contributed by atoms with Gasteiger partial charge >= 0.3 is 5.97 Å². The molecular formula is C34H46N2O2. The summed E-state index contributed by atoms with van der Waals surface area (Å²) in [6.45, 7) is 4.50. The SMILES string of the molecule is CCCCCCCCCc1ccc(C(=O)Oc2cnc(-c3ccc(CCCCCCCC)cc3)nc2)cc1. The lowest BCUT2D eigenvalue weighted by atomic mass is 10.0. The summed E-state index contributed by atoms with van der Waals surface area (Å²) in [5.41, 5.74) is 4.12. The Labute approximate surface area is 230 Å². The maximum absolute atomic E-state index is 12.6. The molecule has 0 N–H and O–H groups in total. The van der Waals surface area contributed by atoms with Gasteiger partial charge in [-0.3, -0.25) is 0 Å². The van der Waals surface area contributed by atoms with E-state index >= 15 is 0 Å². The fourth-order valence-corrected chi connectivity index (χ4v) is 4.71. The molecule has 0 aliphatic carbocycles. The topological polar surface area (TPSA) is 52.1 Å². The van der Waals surface area contributed by atoms with E-state index in [1.165, 1.54) is 94.6 Å². The summed E-state index contributed by atoms with van der Waals surface area (Å²) in [5, 5.41) is 0. The summed E-state index contributed by atoms with van der Waals surface area (Å²) in [7, 11) is 0. The number of aryl methyl sites for hydroxylation is 2. The number of benzene rings is 2. The van der Waals surface area contributed by atoms with Crippen LogP contribution < -0.4 is 4.74 Å². The average Bonchev–Trinajstić information content (AvgIpc) is 2.95. The van der Waals surface area contributed by atoms with Crippen molar-refractivity contribution in [2.24, 2.45) is 0 Å². The van der Waals surface area contributed by atoms with Crippen LogP contribution >= 0.6 is 0 Å². The third-order valence-electron chi connectivity index (χ3n) is 7.13. The standard InChI is InChI=1S/C34H46N2O2/c1-3-5-7-9-11-13-15-17-29-20-24-31(25-21-29)34(37)38-32-26-35-33(36-27-32)30-22-18-28(19-23-30)16-14-12-10-8-6-4-2/h18-27H,3-17H2,1-2H3. The molecule has 4 nitrogen and oxygen atoms in total. The molecule has 4 heteroatoms. The molecule has 0 aliphatic rings. The third kappa shape index (κ3) is 10.8. The maximum atomic E-state index is 12.6. The number of hydrogen-bond donors (Lipinski definition) is 0. The van der Waals surface area contributed by atoms with Crippen LogP contribution in [0.3, 0.4) is 0 Å². The molecule has 0 spiro atoms. The molecule has 204 valence electrons. The first-order valence-electron chi connectivity index (χ1n) is 14.9. The number of ether oxygens (including phenoxy) is 1. The smallest absolute Gasteiger partial charge is 0.343 e. The van der Waals surface area contributed by atoms with Crippen LogP contribution in [0.5, 0.6) is 5.75 Å². The second-order valence-corrected chi connectivity index (χ2v) is 10.4. The minimum Gasteiger partial charge on any atom is -0.420 e. The molecule has 0 unspecified atom stereocenters. The lowest BCUT2D eigenvalue weighted by Gasteiger charge is -2.07. The van der Waals surface area contributed by atoms with Gasteiger partial charge in [-0.2, -0.15) is 0 Å². The second-order valence-electron chi connectivity index (χ2n) is 10.4. The van der Waals surface area contributed by atoms with Crippen molar-refractivity contribution in [3.8, 4) is 17.1 Å². The Balaban J connectivity index is 1.41. The minimum absolute atomic E-state index is 0.352. The zero-order chi connectivity index (χ0) is 26.8. The molecule has 0 atom stereocenters. The summed E-state index contributed by atoms with van der Waals surface area (Å²) in [4.78, 5) is 21.4. The Bertz CT molecular complexity index is 1040. The van der Waals surface area contributed by atoms with E-state index < -0.39 is 0 Å². The molecule has 0 bridgehead atoms. The normalized spacial score (nSPS) is 11.0. The Hall–Kier alpha value is -3.01. The molecule has 38 heavy (non-hydrogen) atoms. The van der Waals surface area contributed by atoms with Crippen LogP contribution in [0.15, 0.2) is 60.9 Å². The van der Waals surface area contributed by atoms with Crippen LogP contribution in [-0.4, -0.2) is 15.9 Å². The van der Waals surface area contributed by atoms with Crippen LogP contribution in [0.2, 0.25) is 0 Å². The number of carbonyl (C=O) groups excluding carboxylic acids is 1. The van der Waals surface area contributed by atoms with E-state index in [1.54, 1.807) is 12.4 Å². The summed E-state index contributed by atoms with van der Waals surface area (Å²) < 4.78 is 5.51. The lowest BCUT2D eigenvalue weighted by molar-refractivity contribution is 0.0733. The highest BCUT2D eigenvalue weighted by Gasteiger charge is 2.10. The van der Waals surface area contributed by atoms with Crippen molar-refractivity contribution in [2.45, 2.75) is 110 Å². The summed E-state index contributed by atoms with van der Waals surface area (Å²) in [6, 6.07) is 16.2. The molecule has 1 heterocycles. The quantitative estimate of drug-likeness (QED) is 0.125. The molecule has 0 saturated carbocycles. The molecular weight excluding hydrogens is 468 g/mol. The van der Waals surface area contributed by atoms with Crippen LogP contribution in [0.4, 0.5) is 0 Å². The van der Waals surface area contributed by atoms with E-state index in [1.807, 2.05) is 24.3 Å². The van der Waals surface area contributed by atoms with E-state index in [0.29, 0.717) is 17.1 Å². The fraction of sp³-hybridized carbons (Fsp3) is 0.500. The Morgan fingerprint density at radius 3 is 1.55 bits per heavy atom. The highest BCUT2D eigenvalue weighted by Crippen LogP contribution is 2.20. The van der Waals surface area contributed by atoms with Crippen molar-refractivity contribution in [2.75, 3.05) is 0 Å². The lowest BCUT2D eigenvalue weighted by Crippen LogP contribution is -2.09. The highest BCUT2D eigenvalue weighted by molar-refractivity contribution is 5.91. The number of aromatic nitrogens is 2. The third-order valence-corrected chi connectivity index (χ3v) is 7.13. The number of hydrogen-bond acceptors (Lipinski definition) is 4. The maximum Gasteiger partial charge on any atom is 0.343 e. The molecule has 0 aliphatic heterocycles. The first kappa shape index (κ1) is 29.5. The predicted octanol–water partition coefficient (Wildman–Crippen LogP) is 9.56. The van der Waals surface area contributed by atoms with Gasteiger partial charge in [0.15, 0.2) is 11.6 Å². The number of esters is 1. The number of carbonyl (C=O) groups is 1. The molecule has 3 aromatic rings. The van der Waals surface area contributed by atoms with E-state index in [-0.39, 0.29) is 5.97 Å². The van der Waals surface area contributed by atoms with Gasteiger partial charge in [0, 0.05) is 5.56 Å². The Morgan fingerprint density at radius 2 is 1.05 bits per heavy atom. The molecule has 0 amide bonds. The van der Waals surface area contributed by atoms with E-state index in [4.69, 9.17) is 4.74 Å². The van der Waals surface area contributed by atoms with Crippen molar-refractivity contribution in [3.63, 3.8) is 0 Å². The number of nitrogens with zero attached hydrogens (tertiary/aromatic N) is 2. The van der Waals surface area contributed by atoms with E-state index in [2.05, 4.69) is 48.1 Å². The van der Waals surface area contributed by atoms with E-state index in [9.17, 15) is 4.79 Å². The van der Waals surface area contributed by atoms with Gasteiger partial charge < -0.3 is 4.74 Å². The average molecular weight is 515 g/mol. The highest BCUT2D eigenvalue weighted by atomic mass is 16.5. The summed E-state index contributed by atoms with van der Waals surface area (Å²) >= 11 is 0. The van der Waals surface area contributed by atoms with Gasteiger partial charge in [-0.1, -0.05) is 121 Å². The van der Waals surface area contributed by atoms with Crippen LogP contribution in [0.25, 0.3) is 11.4 Å². The Morgan fingerprint density at radius 1 is 0.605 bits per heavy atom. The van der Waals surface area contributed by atoms with Gasteiger partial charge in [0.25, 0.3) is 0 Å². The van der Waals surface area contributed by atoms with Gasteiger partial charge in [0.05, 0.1) is 18.0 Å². The van der Waals surface area contributed by atoms with Crippen molar-refractivity contribution in [3.05, 3.63) is 77.6 Å². The summed E-state index contributed by atoms with van der Waals surface area (Å²) in [5.74, 6) is 0.596. The van der Waals surface area contributed by atoms with Gasteiger partial charge in [0.1, 0.15) is 0 Å². The number of rotatable bonds is 18. The van der Waals surface area contributed by atoms with Gasteiger partial charge in [-0.05, 0) is 48.9 Å². The summed E-state index contributed by atoms with van der Waals surface area (Å²) in [6.07, 6.45) is 22.3. The van der Waals surface area contributed by atoms with Gasteiger partial charge in [-0.15, -0.1) is 0 Å². The largest absolute Gasteiger partial charge is 0.420 e. The first-order chi connectivity index (χ1) is 18.7. The second kappa shape index (κ2) is 17.5. The molecule has 0 fully saturated rings. The van der Waals surface area contributed by atoms with Crippen LogP contribution in [-0.2, 0) is 12.8 Å². The van der Waals surface area contributed by atoms with Crippen molar-refractivity contribution in [1.82, 2.24) is 9.97 Å². The zero-order valence-electron chi connectivity index (χ0n) is 23.6. The van der Waals surface area contributed by atoms with Crippen LogP contribution in [0.1, 0.15) is 119 Å². The predicted molar refractivity (Wildman–Crippen MR) is 158 cm³/mol. The van der Waals surface area contributed by atoms with E-state index in [0.717, 1.165) is 18.4 Å². The first-order valence-corrected chi connectivity index (χ1v) is 14.9. The molecule has 0 saturated heterocycles. The van der Waals surface area contributed by atoms with Crippen molar-refractivity contribution in [1.29, 1.82) is 0 Å². The van der Waals surface area contributed by atoms with Crippen molar-refractivity contribution < 1.29 is 9.53 Å². The molecule has 3 rings (SSSR count). The fourth-order valence-electron chi connectivity index (χ4n) is 4.71. The molecule has 0 radical (unpaired) electrons.